The predicted octanol–water partition coefficient (Wildman–Crippen LogP) is 1.41. The average Bonchev–Trinajstić information content (AvgIpc) is 2.57. The van der Waals surface area contributed by atoms with E-state index in [-0.39, 0.29) is 16.8 Å². The quantitative estimate of drug-likeness (QED) is 0.721. The van der Waals surface area contributed by atoms with E-state index >= 15 is 0 Å². The van der Waals surface area contributed by atoms with Gasteiger partial charge in [0.1, 0.15) is 5.52 Å². The third-order valence-electron chi connectivity index (χ3n) is 3.77. The smallest absolute Gasteiger partial charge is 0.331 e. The third kappa shape index (κ3) is 1.68. The second-order valence-electron chi connectivity index (χ2n) is 6.12. The number of aromatic nitrogens is 3. The van der Waals surface area contributed by atoms with Crippen LogP contribution in [0, 0.1) is 13.8 Å². The van der Waals surface area contributed by atoms with Gasteiger partial charge in [0.2, 0.25) is 0 Å². The minimum Gasteiger partial charge on any atom is -0.334 e. The fraction of sp³-hybridized carbons (Fsp3) is 0.571. The Morgan fingerprint density at radius 1 is 0.895 bits per heavy atom. The fourth-order valence-corrected chi connectivity index (χ4v) is 2.80. The van der Waals surface area contributed by atoms with E-state index in [1.165, 1.54) is 11.6 Å². The molecule has 0 aliphatic heterocycles. The van der Waals surface area contributed by atoms with Gasteiger partial charge in [-0.25, -0.2) is 4.79 Å². The average molecular weight is 263 g/mol. The molecule has 0 fully saturated rings. The molecule has 2 aromatic rings. The highest BCUT2D eigenvalue weighted by atomic mass is 16.2. The standard InChI is InChI=1S/C14H21N3O2/c1-8-9(2)17(14(3,4)5)11-10(8)15(6)13(19)16(7)12(11)18/h1-7H3. The van der Waals surface area contributed by atoms with Crippen LogP contribution < -0.4 is 11.2 Å². The highest BCUT2D eigenvalue weighted by Crippen LogP contribution is 2.28. The Hall–Kier alpha value is -1.78. The Morgan fingerprint density at radius 3 is 1.89 bits per heavy atom. The second-order valence-corrected chi connectivity index (χ2v) is 6.12. The van der Waals surface area contributed by atoms with Crippen LogP contribution in [0.3, 0.4) is 0 Å². The highest BCUT2D eigenvalue weighted by Gasteiger charge is 2.25. The number of rotatable bonds is 0. The molecular formula is C14H21N3O2. The summed E-state index contributed by atoms with van der Waals surface area (Å²) in [6, 6.07) is 0. The van der Waals surface area contributed by atoms with E-state index in [4.69, 9.17) is 0 Å². The van der Waals surface area contributed by atoms with E-state index in [9.17, 15) is 9.59 Å². The molecule has 0 radical (unpaired) electrons. The van der Waals surface area contributed by atoms with Gasteiger partial charge in [0.15, 0.2) is 0 Å². The van der Waals surface area contributed by atoms with Crippen molar-refractivity contribution in [3.63, 3.8) is 0 Å². The molecular weight excluding hydrogens is 242 g/mol. The Morgan fingerprint density at radius 2 is 1.42 bits per heavy atom. The van der Waals surface area contributed by atoms with Crippen molar-refractivity contribution in [2.24, 2.45) is 14.1 Å². The van der Waals surface area contributed by atoms with Gasteiger partial charge in [-0.2, -0.15) is 0 Å². The van der Waals surface area contributed by atoms with Crippen LogP contribution in [0.5, 0.6) is 0 Å². The molecule has 19 heavy (non-hydrogen) atoms. The minimum absolute atomic E-state index is 0.208. The Balaban J connectivity index is 3.25. The predicted molar refractivity (Wildman–Crippen MR) is 76.9 cm³/mol. The van der Waals surface area contributed by atoms with Crippen LogP contribution in [0.1, 0.15) is 32.0 Å². The Kier molecular flexibility index (Phi) is 2.77. The molecule has 104 valence electrons. The maximum Gasteiger partial charge on any atom is 0.331 e. The van der Waals surface area contributed by atoms with E-state index < -0.39 is 0 Å². The summed E-state index contributed by atoms with van der Waals surface area (Å²) in [6.45, 7) is 10.1. The molecule has 0 amide bonds. The Labute approximate surface area is 112 Å². The maximum absolute atomic E-state index is 12.5. The molecule has 0 saturated carbocycles. The summed E-state index contributed by atoms with van der Waals surface area (Å²) in [5.74, 6) is 0. The molecule has 0 aromatic carbocycles. The largest absolute Gasteiger partial charge is 0.334 e. The van der Waals surface area contributed by atoms with Crippen molar-refractivity contribution >= 4 is 11.0 Å². The molecule has 0 spiro atoms. The van der Waals surface area contributed by atoms with Gasteiger partial charge in [0.25, 0.3) is 5.56 Å². The van der Waals surface area contributed by atoms with E-state index in [0.717, 1.165) is 16.8 Å². The van der Waals surface area contributed by atoms with Crippen LogP contribution in [0.15, 0.2) is 9.59 Å². The third-order valence-corrected chi connectivity index (χ3v) is 3.77. The van der Waals surface area contributed by atoms with Gasteiger partial charge in [-0.1, -0.05) is 0 Å². The normalized spacial score (nSPS) is 12.4. The van der Waals surface area contributed by atoms with E-state index in [1.54, 1.807) is 11.6 Å². The summed E-state index contributed by atoms with van der Waals surface area (Å²) >= 11 is 0. The first-order chi connectivity index (χ1) is 8.59. The van der Waals surface area contributed by atoms with Gasteiger partial charge < -0.3 is 4.57 Å². The van der Waals surface area contributed by atoms with Gasteiger partial charge >= 0.3 is 5.69 Å². The van der Waals surface area contributed by atoms with Crippen molar-refractivity contribution < 1.29 is 0 Å². The van der Waals surface area contributed by atoms with Gasteiger partial charge in [-0.15, -0.1) is 0 Å². The van der Waals surface area contributed by atoms with Gasteiger partial charge in [-0.3, -0.25) is 13.9 Å². The van der Waals surface area contributed by atoms with E-state index in [0.29, 0.717) is 5.52 Å². The van der Waals surface area contributed by atoms with Crippen molar-refractivity contribution in [3.8, 4) is 0 Å². The first kappa shape index (κ1) is 13.6. The summed E-state index contributed by atoms with van der Waals surface area (Å²) in [6.07, 6.45) is 0. The molecule has 2 heterocycles. The molecule has 0 N–H and O–H groups in total. The molecule has 2 aromatic heterocycles. The van der Waals surface area contributed by atoms with Crippen molar-refractivity contribution in [2.75, 3.05) is 0 Å². The maximum atomic E-state index is 12.5. The van der Waals surface area contributed by atoms with Crippen molar-refractivity contribution in [2.45, 2.75) is 40.2 Å². The fourth-order valence-electron chi connectivity index (χ4n) is 2.80. The molecule has 0 aliphatic rings. The SMILES string of the molecule is Cc1c(C)n(C(C)(C)C)c2c(=O)n(C)c(=O)n(C)c12. The lowest BCUT2D eigenvalue weighted by Crippen LogP contribution is -2.38. The molecule has 5 heteroatoms. The second kappa shape index (κ2) is 3.85. The summed E-state index contributed by atoms with van der Waals surface area (Å²) in [7, 11) is 3.23. The van der Waals surface area contributed by atoms with Crippen molar-refractivity contribution in [3.05, 3.63) is 32.1 Å². The molecule has 0 bridgehead atoms. The summed E-state index contributed by atoms with van der Waals surface area (Å²) < 4.78 is 4.75. The summed E-state index contributed by atoms with van der Waals surface area (Å²) in [4.78, 5) is 24.5. The number of fused-ring (bicyclic) bond motifs is 1. The lowest BCUT2D eigenvalue weighted by atomic mass is 10.1. The topological polar surface area (TPSA) is 48.9 Å². The summed E-state index contributed by atoms with van der Waals surface area (Å²) in [5, 5.41) is 0. The molecule has 2 rings (SSSR count). The molecule has 0 atom stereocenters. The summed E-state index contributed by atoms with van der Waals surface area (Å²) in [5.41, 5.74) is 2.63. The molecule has 0 unspecified atom stereocenters. The Bertz CT molecular complexity index is 782. The zero-order valence-electron chi connectivity index (χ0n) is 12.7. The number of hydrogen-bond acceptors (Lipinski definition) is 2. The van der Waals surface area contributed by atoms with Crippen molar-refractivity contribution in [1.29, 1.82) is 0 Å². The van der Waals surface area contributed by atoms with E-state index in [2.05, 4.69) is 20.8 Å². The van der Waals surface area contributed by atoms with Gasteiger partial charge in [0.05, 0.1) is 5.52 Å². The minimum atomic E-state index is -0.286. The zero-order valence-corrected chi connectivity index (χ0v) is 12.7. The number of aryl methyl sites for hydroxylation is 2. The molecule has 0 aliphatic carbocycles. The van der Waals surface area contributed by atoms with Gasteiger partial charge in [-0.05, 0) is 40.2 Å². The monoisotopic (exact) mass is 263 g/mol. The zero-order chi connectivity index (χ0) is 14.7. The van der Waals surface area contributed by atoms with Crippen LogP contribution in [0.4, 0.5) is 0 Å². The van der Waals surface area contributed by atoms with Crippen molar-refractivity contribution in [1.82, 2.24) is 13.7 Å². The molecule has 0 saturated heterocycles. The highest BCUT2D eigenvalue weighted by molar-refractivity contribution is 5.81. The van der Waals surface area contributed by atoms with Crippen LogP contribution in [-0.4, -0.2) is 13.7 Å². The lowest BCUT2D eigenvalue weighted by molar-refractivity contribution is 0.401. The van der Waals surface area contributed by atoms with Crippen LogP contribution >= 0.6 is 0 Å². The number of nitrogens with zero attached hydrogens (tertiary/aromatic N) is 3. The van der Waals surface area contributed by atoms with E-state index in [1.807, 2.05) is 18.4 Å². The van der Waals surface area contributed by atoms with Crippen LogP contribution in [0.2, 0.25) is 0 Å². The van der Waals surface area contributed by atoms with Gasteiger partial charge in [0, 0.05) is 25.3 Å². The van der Waals surface area contributed by atoms with Crippen LogP contribution in [0.25, 0.3) is 11.0 Å². The molecule has 5 nitrogen and oxygen atoms in total. The first-order valence-corrected chi connectivity index (χ1v) is 6.37. The first-order valence-electron chi connectivity index (χ1n) is 6.37. The lowest BCUT2D eigenvalue weighted by Gasteiger charge is -2.24. The number of hydrogen-bond donors (Lipinski definition) is 0. The van der Waals surface area contributed by atoms with Crippen LogP contribution in [-0.2, 0) is 19.6 Å².